The van der Waals surface area contributed by atoms with Crippen LogP contribution in [0.5, 0.6) is 0 Å². The maximum absolute atomic E-state index is 5.09. The number of hydrogen-bond donors (Lipinski definition) is 0. The fourth-order valence-electron chi connectivity index (χ4n) is 5.77. The summed E-state index contributed by atoms with van der Waals surface area (Å²) in [6.45, 7) is 8.13. The lowest BCUT2D eigenvalue weighted by atomic mass is 9.90. The third kappa shape index (κ3) is 4.75. The molecule has 1 atom stereocenters. The van der Waals surface area contributed by atoms with E-state index in [1.165, 1.54) is 34.6 Å². The highest BCUT2D eigenvalue weighted by Gasteiger charge is 2.28. The zero-order valence-corrected chi connectivity index (χ0v) is 21.5. The Morgan fingerprint density at radius 2 is 1.78 bits per heavy atom. The molecule has 1 saturated heterocycles. The predicted octanol–water partition coefficient (Wildman–Crippen LogP) is 4.87. The molecule has 6 rings (SSSR count). The van der Waals surface area contributed by atoms with Crippen molar-refractivity contribution in [2.75, 3.05) is 38.1 Å². The fourth-order valence-corrected chi connectivity index (χ4v) is 5.77. The van der Waals surface area contributed by atoms with Crippen molar-refractivity contribution in [2.24, 2.45) is 0 Å². The molecule has 1 aromatic carbocycles. The minimum atomic E-state index is 0.304. The molecule has 1 aliphatic heterocycles. The van der Waals surface area contributed by atoms with Crippen LogP contribution in [0.25, 0.3) is 5.65 Å². The molecule has 0 spiro atoms. The molecule has 0 saturated carbocycles. The number of aromatic nitrogens is 3. The van der Waals surface area contributed by atoms with Crippen molar-refractivity contribution >= 4 is 11.5 Å². The van der Waals surface area contributed by atoms with Gasteiger partial charge < -0.3 is 9.80 Å². The number of pyridine rings is 2. The van der Waals surface area contributed by atoms with Gasteiger partial charge in [0, 0.05) is 51.7 Å². The van der Waals surface area contributed by atoms with E-state index in [1.807, 2.05) is 6.20 Å². The molecule has 0 bridgehead atoms. The van der Waals surface area contributed by atoms with Gasteiger partial charge in [0.1, 0.15) is 11.5 Å². The number of piperazine rings is 1. The second-order valence-corrected chi connectivity index (χ2v) is 10.5. The van der Waals surface area contributed by atoms with Gasteiger partial charge in [0.15, 0.2) is 0 Å². The van der Waals surface area contributed by atoms with Gasteiger partial charge in [0.2, 0.25) is 0 Å². The van der Waals surface area contributed by atoms with Crippen LogP contribution < -0.4 is 4.90 Å². The number of rotatable bonds is 6. The lowest BCUT2D eigenvalue weighted by Crippen LogP contribution is -2.45. The highest BCUT2D eigenvalue weighted by molar-refractivity contribution is 5.53. The Labute approximate surface area is 214 Å². The van der Waals surface area contributed by atoms with Crippen molar-refractivity contribution in [3.05, 3.63) is 95.1 Å². The van der Waals surface area contributed by atoms with E-state index in [-0.39, 0.29) is 0 Å². The van der Waals surface area contributed by atoms with Gasteiger partial charge in [-0.2, -0.15) is 0 Å². The molecule has 0 N–H and O–H groups in total. The van der Waals surface area contributed by atoms with Crippen LogP contribution in [0, 0.1) is 6.92 Å². The van der Waals surface area contributed by atoms with Crippen LogP contribution in [-0.4, -0.2) is 57.4 Å². The first kappa shape index (κ1) is 23.2. The molecule has 0 radical (unpaired) electrons. The van der Waals surface area contributed by atoms with Crippen molar-refractivity contribution in [1.29, 1.82) is 0 Å². The van der Waals surface area contributed by atoms with Gasteiger partial charge in [-0.3, -0.25) is 14.3 Å². The number of nitrogens with zero attached hydrogens (tertiary/aromatic N) is 6. The van der Waals surface area contributed by atoms with Crippen LogP contribution in [0.1, 0.15) is 47.0 Å². The highest BCUT2D eigenvalue weighted by atomic mass is 15.3. The number of hydrogen-bond acceptors (Lipinski definition) is 5. The van der Waals surface area contributed by atoms with Crippen LogP contribution in [0.2, 0.25) is 0 Å². The number of anilines is 1. The molecule has 4 heterocycles. The first-order chi connectivity index (χ1) is 17.6. The lowest BCUT2D eigenvalue weighted by Gasteiger charge is -2.35. The average Bonchev–Trinajstić information content (AvgIpc) is 3.32. The normalized spacial score (nSPS) is 18.6. The topological polar surface area (TPSA) is 39.9 Å². The fraction of sp³-hybridized carbons (Fsp3) is 0.400. The molecule has 36 heavy (non-hydrogen) atoms. The summed E-state index contributed by atoms with van der Waals surface area (Å²) in [5, 5.41) is 0. The summed E-state index contributed by atoms with van der Waals surface area (Å²) >= 11 is 0. The van der Waals surface area contributed by atoms with E-state index in [0.29, 0.717) is 6.04 Å². The molecule has 3 aromatic heterocycles. The Morgan fingerprint density at radius 3 is 2.61 bits per heavy atom. The van der Waals surface area contributed by atoms with Gasteiger partial charge in [0.05, 0.1) is 17.4 Å². The third-order valence-electron chi connectivity index (χ3n) is 7.83. The van der Waals surface area contributed by atoms with E-state index in [2.05, 4.69) is 93.9 Å². The van der Waals surface area contributed by atoms with E-state index < -0.39 is 0 Å². The molecule has 186 valence electrons. The molecular weight excluding hydrogens is 444 g/mol. The van der Waals surface area contributed by atoms with E-state index in [9.17, 15) is 0 Å². The van der Waals surface area contributed by atoms with Crippen molar-refractivity contribution in [3.8, 4) is 0 Å². The molecular formula is C30H36N6. The molecule has 0 unspecified atom stereocenters. The zero-order valence-electron chi connectivity index (χ0n) is 21.5. The van der Waals surface area contributed by atoms with Crippen LogP contribution in [0.4, 0.5) is 5.82 Å². The first-order valence-corrected chi connectivity index (χ1v) is 13.3. The number of benzene rings is 1. The predicted molar refractivity (Wildman–Crippen MR) is 145 cm³/mol. The summed E-state index contributed by atoms with van der Waals surface area (Å²) in [4.78, 5) is 17.4. The second kappa shape index (κ2) is 10.0. The van der Waals surface area contributed by atoms with E-state index in [1.54, 1.807) is 0 Å². The van der Waals surface area contributed by atoms with Crippen LogP contribution in [0.15, 0.2) is 67.0 Å². The Bertz CT molecular complexity index is 1320. The summed E-state index contributed by atoms with van der Waals surface area (Å²) in [7, 11) is 2.20. The van der Waals surface area contributed by atoms with Crippen LogP contribution in [-0.2, 0) is 19.5 Å². The molecule has 0 amide bonds. The minimum absolute atomic E-state index is 0.304. The van der Waals surface area contributed by atoms with E-state index in [0.717, 1.165) is 63.5 Å². The van der Waals surface area contributed by atoms with E-state index in [4.69, 9.17) is 9.97 Å². The van der Waals surface area contributed by atoms with Gasteiger partial charge in [0.25, 0.3) is 0 Å². The first-order valence-electron chi connectivity index (χ1n) is 13.3. The van der Waals surface area contributed by atoms with Crippen molar-refractivity contribution < 1.29 is 0 Å². The Hall–Kier alpha value is -3.22. The number of aryl methyl sites for hydroxylation is 2. The van der Waals surface area contributed by atoms with Crippen LogP contribution >= 0.6 is 0 Å². The molecule has 1 aliphatic carbocycles. The van der Waals surface area contributed by atoms with Crippen molar-refractivity contribution in [3.63, 3.8) is 0 Å². The third-order valence-corrected chi connectivity index (χ3v) is 7.83. The highest BCUT2D eigenvalue weighted by Crippen LogP contribution is 2.35. The standard InChI is InChI=1S/C30H36N6/c1-23-11-13-24(14-12-23)20-35(27-8-3-6-25-7-5-15-31-30(25)27)21-26-22-36-28(32-26)9-4-10-29(36)34-18-16-33(2)17-19-34/h4-5,7,9-15,22,27H,3,6,8,16-21H2,1-2H3/t27-/m0/s1. The maximum Gasteiger partial charge on any atom is 0.138 e. The summed E-state index contributed by atoms with van der Waals surface area (Å²) in [6, 6.07) is 20.1. The summed E-state index contributed by atoms with van der Waals surface area (Å²) < 4.78 is 2.29. The number of likely N-dealkylation sites (N-methyl/N-ethyl adjacent to an activating group) is 1. The van der Waals surface area contributed by atoms with Gasteiger partial charge in [-0.05, 0) is 62.6 Å². The largest absolute Gasteiger partial charge is 0.355 e. The molecule has 6 nitrogen and oxygen atoms in total. The number of fused-ring (bicyclic) bond motifs is 2. The summed E-state index contributed by atoms with van der Waals surface area (Å²) in [5.41, 5.74) is 7.43. The Morgan fingerprint density at radius 1 is 0.944 bits per heavy atom. The SMILES string of the molecule is Cc1ccc(CN(Cc2cn3c(N4CCN(C)CC4)cccc3n2)[C@H]2CCCc3cccnc32)cc1. The Kier molecular flexibility index (Phi) is 6.46. The summed E-state index contributed by atoms with van der Waals surface area (Å²) in [5.74, 6) is 1.24. The number of imidazole rings is 1. The lowest BCUT2D eigenvalue weighted by molar-refractivity contribution is 0.155. The van der Waals surface area contributed by atoms with Crippen molar-refractivity contribution in [1.82, 2.24) is 24.2 Å². The van der Waals surface area contributed by atoms with Crippen molar-refractivity contribution in [2.45, 2.75) is 45.3 Å². The van der Waals surface area contributed by atoms with Crippen LogP contribution in [0.3, 0.4) is 0 Å². The molecule has 2 aliphatic rings. The van der Waals surface area contributed by atoms with Gasteiger partial charge in [-0.25, -0.2) is 4.98 Å². The second-order valence-electron chi connectivity index (χ2n) is 10.5. The average molecular weight is 481 g/mol. The van der Waals surface area contributed by atoms with E-state index >= 15 is 0 Å². The Balaban J connectivity index is 1.33. The molecule has 4 aromatic rings. The minimum Gasteiger partial charge on any atom is -0.355 e. The quantitative estimate of drug-likeness (QED) is 0.394. The molecule has 1 fully saturated rings. The molecule has 6 heteroatoms. The van der Waals surface area contributed by atoms with Gasteiger partial charge in [-0.15, -0.1) is 0 Å². The smallest absolute Gasteiger partial charge is 0.138 e. The monoisotopic (exact) mass is 480 g/mol. The zero-order chi connectivity index (χ0) is 24.5. The van der Waals surface area contributed by atoms with Gasteiger partial charge in [-0.1, -0.05) is 42.0 Å². The maximum atomic E-state index is 5.09. The van der Waals surface area contributed by atoms with Gasteiger partial charge >= 0.3 is 0 Å². The summed E-state index contributed by atoms with van der Waals surface area (Å²) in [6.07, 6.45) is 7.67.